The number of esters is 3. The first-order valence-electron chi connectivity index (χ1n) is 7.58. The number of carbonyl (C=O) groups is 3. The van der Waals surface area contributed by atoms with Gasteiger partial charge in [-0.1, -0.05) is 24.3 Å². The molecule has 1 atom stereocenters. The van der Waals surface area contributed by atoms with E-state index in [1.807, 2.05) is 0 Å². The number of rotatable bonds is 5. The van der Waals surface area contributed by atoms with Crippen molar-refractivity contribution in [2.45, 2.75) is 38.7 Å². The van der Waals surface area contributed by atoms with E-state index in [0.29, 0.717) is 11.1 Å². The number of hydrogen-bond acceptors (Lipinski definition) is 6. The molecule has 0 amide bonds. The van der Waals surface area contributed by atoms with Crippen LogP contribution < -0.4 is 0 Å². The van der Waals surface area contributed by atoms with Crippen LogP contribution in [0.1, 0.15) is 44.4 Å². The Kier molecular flexibility index (Phi) is 5.03. The third-order valence-corrected chi connectivity index (χ3v) is 3.82. The van der Waals surface area contributed by atoms with E-state index >= 15 is 0 Å². The molecule has 6 nitrogen and oxygen atoms in total. The molecular formula is C17H20O6. The largest absolute Gasteiger partial charge is 0.465 e. The number of benzene rings is 1. The fourth-order valence-corrected chi connectivity index (χ4v) is 2.95. The molecule has 0 saturated carbocycles. The predicted molar refractivity (Wildman–Crippen MR) is 80.5 cm³/mol. The normalized spacial score (nSPS) is 18.0. The molecule has 0 aromatic heterocycles. The molecule has 0 N–H and O–H groups in total. The number of carbonyl (C=O) groups excluding carboxylic acids is 3. The second-order valence-corrected chi connectivity index (χ2v) is 5.24. The average Bonchev–Trinajstić information content (AvgIpc) is 2.83. The van der Waals surface area contributed by atoms with Crippen LogP contribution in [0.15, 0.2) is 24.3 Å². The Morgan fingerprint density at radius 2 is 1.65 bits per heavy atom. The van der Waals surface area contributed by atoms with Crippen LogP contribution in [0.5, 0.6) is 0 Å². The maximum absolute atomic E-state index is 12.6. The topological polar surface area (TPSA) is 78.9 Å². The van der Waals surface area contributed by atoms with Gasteiger partial charge in [0.15, 0.2) is 5.41 Å². The Balaban J connectivity index is 2.56. The lowest BCUT2D eigenvalue weighted by molar-refractivity contribution is -0.167. The summed E-state index contributed by atoms with van der Waals surface area (Å²) < 4.78 is 15.5. The van der Waals surface area contributed by atoms with E-state index in [-0.39, 0.29) is 19.6 Å². The van der Waals surface area contributed by atoms with Crippen LogP contribution in [0, 0.1) is 0 Å². The smallest absolute Gasteiger partial charge is 0.328 e. The Bertz CT molecular complexity index is 603. The van der Waals surface area contributed by atoms with Crippen molar-refractivity contribution in [1.82, 2.24) is 0 Å². The van der Waals surface area contributed by atoms with E-state index in [0.717, 1.165) is 0 Å². The zero-order valence-corrected chi connectivity index (χ0v) is 13.5. The zero-order valence-electron chi connectivity index (χ0n) is 13.5. The molecule has 0 aliphatic heterocycles. The molecule has 0 spiro atoms. The van der Waals surface area contributed by atoms with Gasteiger partial charge < -0.3 is 14.2 Å². The van der Waals surface area contributed by atoms with E-state index in [9.17, 15) is 14.4 Å². The lowest BCUT2D eigenvalue weighted by Crippen LogP contribution is -2.44. The van der Waals surface area contributed by atoms with Crippen molar-refractivity contribution in [2.75, 3.05) is 13.2 Å². The lowest BCUT2D eigenvalue weighted by atomic mass is 9.81. The van der Waals surface area contributed by atoms with E-state index < -0.39 is 29.4 Å². The van der Waals surface area contributed by atoms with Gasteiger partial charge in [0, 0.05) is 13.3 Å². The monoisotopic (exact) mass is 320 g/mol. The van der Waals surface area contributed by atoms with Gasteiger partial charge in [-0.05, 0) is 25.0 Å². The minimum atomic E-state index is -1.59. The molecule has 124 valence electrons. The van der Waals surface area contributed by atoms with Gasteiger partial charge >= 0.3 is 17.9 Å². The Morgan fingerprint density at radius 1 is 1.09 bits per heavy atom. The van der Waals surface area contributed by atoms with Crippen molar-refractivity contribution in [2.24, 2.45) is 0 Å². The number of ether oxygens (including phenoxy) is 3. The van der Waals surface area contributed by atoms with Crippen LogP contribution in [0.25, 0.3) is 0 Å². The molecule has 0 heterocycles. The van der Waals surface area contributed by atoms with Crippen LogP contribution in [0.2, 0.25) is 0 Å². The second-order valence-electron chi connectivity index (χ2n) is 5.24. The fraction of sp³-hybridized carbons (Fsp3) is 0.471. The summed E-state index contributed by atoms with van der Waals surface area (Å²) in [4.78, 5) is 36.6. The molecule has 0 bridgehead atoms. The van der Waals surface area contributed by atoms with Gasteiger partial charge in [-0.25, -0.2) is 0 Å². The summed E-state index contributed by atoms with van der Waals surface area (Å²) >= 11 is 0. The highest BCUT2D eigenvalue weighted by Crippen LogP contribution is 2.48. The van der Waals surface area contributed by atoms with Crippen molar-refractivity contribution in [3.8, 4) is 0 Å². The Hall–Kier alpha value is -2.37. The minimum absolute atomic E-state index is 0.0103. The van der Waals surface area contributed by atoms with Crippen LogP contribution in [0.3, 0.4) is 0 Å². The highest BCUT2D eigenvalue weighted by molar-refractivity contribution is 6.07. The number of hydrogen-bond donors (Lipinski definition) is 0. The molecule has 1 aliphatic carbocycles. The zero-order chi connectivity index (χ0) is 17.0. The molecule has 2 rings (SSSR count). The highest BCUT2D eigenvalue weighted by atomic mass is 16.6. The average molecular weight is 320 g/mol. The van der Waals surface area contributed by atoms with Gasteiger partial charge in [-0.15, -0.1) is 0 Å². The van der Waals surface area contributed by atoms with E-state index in [1.165, 1.54) is 6.92 Å². The van der Waals surface area contributed by atoms with E-state index in [2.05, 4.69) is 0 Å². The van der Waals surface area contributed by atoms with Crippen LogP contribution in [-0.2, 0) is 34.0 Å². The molecule has 6 heteroatoms. The maximum atomic E-state index is 12.6. The van der Waals surface area contributed by atoms with Gasteiger partial charge in [0.05, 0.1) is 13.2 Å². The summed E-state index contributed by atoms with van der Waals surface area (Å²) in [6.45, 7) is 4.90. The Morgan fingerprint density at radius 3 is 2.17 bits per heavy atom. The summed E-state index contributed by atoms with van der Waals surface area (Å²) in [7, 11) is 0. The van der Waals surface area contributed by atoms with Crippen LogP contribution in [0.4, 0.5) is 0 Å². The molecule has 1 aliphatic rings. The van der Waals surface area contributed by atoms with Crippen molar-refractivity contribution in [3.63, 3.8) is 0 Å². The molecule has 0 fully saturated rings. The maximum Gasteiger partial charge on any atom is 0.328 e. The molecule has 1 aromatic rings. The first-order valence-corrected chi connectivity index (χ1v) is 7.58. The van der Waals surface area contributed by atoms with Gasteiger partial charge in [0.2, 0.25) is 0 Å². The molecule has 1 unspecified atom stereocenters. The minimum Gasteiger partial charge on any atom is -0.465 e. The summed E-state index contributed by atoms with van der Waals surface area (Å²) in [6, 6.07) is 6.90. The SMILES string of the molecule is CCOC(=O)C1(C(=O)OCC)CC(OC(C)=O)c2ccccc21. The first-order chi connectivity index (χ1) is 11.0. The second kappa shape index (κ2) is 6.81. The highest BCUT2D eigenvalue weighted by Gasteiger charge is 2.58. The molecule has 0 saturated heterocycles. The summed E-state index contributed by atoms with van der Waals surface area (Å²) in [6.07, 6.45) is -0.693. The standard InChI is InChI=1S/C17H20O6/c1-4-21-15(19)17(16(20)22-5-2)10-14(23-11(3)18)12-8-6-7-9-13(12)17/h6-9,14H,4-5,10H2,1-3H3. The van der Waals surface area contributed by atoms with Gasteiger partial charge in [-0.2, -0.15) is 0 Å². The van der Waals surface area contributed by atoms with Crippen LogP contribution >= 0.6 is 0 Å². The fourth-order valence-electron chi connectivity index (χ4n) is 2.95. The summed E-state index contributed by atoms with van der Waals surface area (Å²) in [5.74, 6) is -1.84. The quantitative estimate of drug-likeness (QED) is 0.469. The van der Waals surface area contributed by atoms with E-state index in [4.69, 9.17) is 14.2 Å². The van der Waals surface area contributed by atoms with Crippen molar-refractivity contribution in [3.05, 3.63) is 35.4 Å². The molecule has 0 radical (unpaired) electrons. The van der Waals surface area contributed by atoms with Gasteiger partial charge in [-0.3, -0.25) is 14.4 Å². The third-order valence-electron chi connectivity index (χ3n) is 3.82. The lowest BCUT2D eigenvalue weighted by Gasteiger charge is -2.25. The molecule has 1 aromatic carbocycles. The molecule has 23 heavy (non-hydrogen) atoms. The van der Waals surface area contributed by atoms with Crippen molar-refractivity contribution < 1.29 is 28.6 Å². The third kappa shape index (κ3) is 2.93. The van der Waals surface area contributed by atoms with Gasteiger partial charge in [0.25, 0.3) is 0 Å². The Labute approximate surface area is 134 Å². The van der Waals surface area contributed by atoms with E-state index in [1.54, 1.807) is 38.1 Å². The first kappa shape index (κ1) is 17.0. The van der Waals surface area contributed by atoms with Crippen molar-refractivity contribution >= 4 is 17.9 Å². The van der Waals surface area contributed by atoms with Crippen LogP contribution in [-0.4, -0.2) is 31.1 Å². The summed E-state index contributed by atoms with van der Waals surface area (Å²) in [5, 5.41) is 0. The molecular weight excluding hydrogens is 300 g/mol. The van der Waals surface area contributed by atoms with Crippen molar-refractivity contribution in [1.29, 1.82) is 0 Å². The number of fused-ring (bicyclic) bond motifs is 1. The van der Waals surface area contributed by atoms with Gasteiger partial charge in [0.1, 0.15) is 6.10 Å². The predicted octanol–water partition coefficient (Wildman–Crippen LogP) is 2.06. The summed E-state index contributed by atoms with van der Waals surface area (Å²) in [5.41, 5.74) is -0.491.